The zero-order chi connectivity index (χ0) is 16.1. The van der Waals surface area contributed by atoms with Crippen molar-refractivity contribution in [3.05, 3.63) is 41.7 Å². The number of hydrogen-bond acceptors (Lipinski definition) is 7. The number of piperazine rings is 1. The van der Waals surface area contributed by atoms with Gasteiger partial charge in [-0.25, -0.2) is 0 Å². The number of aromatic nitrogens is 3. The van der Waals surface area contributed by atoms with Gasteiger partial charge in [0.1, 0.15) is 5.82 Å². The SMILES string of the molecule is CN1CCN(c2nc(N)nc(CSCc3ccccc3)n2)CC1.Cl. The summed E-state index contributed by atoms with van der Waals surface area (Å²) in [5, 5.41) is 0. The Morgan fingerprint density at radius 2 is 1.71 bits per heavy atom. The molecule has 0 radical (unpaired) electrons. The predicted octanol–water partition coefficient (Wildman–Crippen LogP) is 2.06. The molecule has 2 heterocycles. The molecular formula is C16H23ClN6S. The molecule has 0 amide bonds. The van der Waals surface area contributed by atoms with Crippen molar-refractivity contribution < 1.29 is 0 Å². The summed E-state index contributed by atoms with van der Waals surface area (Å²) in [6, 6.07) is 10.4. The molecule has 2 N–H and O–H groups in total. The quantitative estimate of drug-likeness (QED) is 0.868. The van der Waals surface area contributed by atoms with Crippen molar-refractivity contribution in [2.24, 2.45) is 0 Å². The first-order valence-corrected chi connectivity index (χ1v) is 8.92. The molecule has 1 aromatic carbocycles. The Morgan fingerprint density at radius 1 is 1.00 bits per heavy atom. The summed E-state index contributed by atoms with van der Waals surface area (Å²) < 4.78 is 0. The number of anilines is 2. The fourth-order valence-electron chi connectivity index (χ4n) is 2.47. The lowest BCUT2D eigenvalue weighted by molar-refractivity contribution is 0.311. The molecule has 1 aliphatic rings. The van der Waals surface area contributed by atoms with Crippen LogP contribution in [0.1, 0.15) is 11.4 Å². The maximum absolute atomic E-state index is 5.87. The van der Waals surface area contributed by atoms with Gasteiger partial charge in [-0.05, 0) is 12.6 Å². The number of likely N-dealkylation sites (N-methyl/N-ethyl adjacent to an activating group) is 1. The van der Waals surface area contributed by atoms with Gasteiger partial charge in [0, 0.05) is 31.9 Å². The van der Waals surface area contributed by atoms with Crippen molar-refractivity contribution in [3.8, 4) is 0 Å². The van der Waals surface area contributed by atoms with Crippen LogP contribution in [0.2, 0.25) is 0 Å². The van der Waals surface area contributed by atoms with Crippen LogP contribution >= 0.6 is 24.2 Å². The van der Waals surface area contributed by atoms with Gasteiger partial charge in [-0.15, -0.1) is 24.2 Å². The first kappa shape index (κ1) is 18.8. The summed E-state index contributed by atoms with van der Waals surface area (Å²) in [7, 11) is 2.13. The number of rotatable bonds is 5. The Hall–Kier alpha value is -1.57. The summed E-state index contributed by atoms with van der Waals surface area (Å²) in [6.07, 6.45) is 0. The average molecular weight is 367 g/mol. The van der Waals surface area contributed by atoms with Gasteiger partial charge in [-0.1, -0.05) is 30.3 Å². The highest BCUT2D eigenvalue weighted by Gasteiger charge is 2.17. The first-order valence-electron chi connectivity index (χ1n) is 7.76. The van der Waals surface area contributed by atoms with Gasteiger partial charge in [0.15, 0.2) is 0 Å². The molecule has 0 atom stereocenters. The summed E-state index contributed by atoms with van der Waals surface area (Å²) in [6.45, 7) is 3.89. The Balaban J connectivity index is 0.00000208. The molecule has 3 rings (SSSR count). The number of halogens is 1. The lowest BCUT2D eigenvalue weighted by atomic mass is 10.2. The molecular weight excluding hydrogens is 344 g/mol. The van der Waals surface area contributed by atoms with Crippen molar-refractivity contribution in [2.75, 3.05) is 43.9 Å². The molecule has 1 saturated heterocycles. The Bertz CT molecular complexity index is 634. The minimum atomic E-state index is 0. The largest absolute Gasteiger partial charge is 0.368 e. The van der Waals surface area contributed by atoms with Crippen LogP contribution in [0.5, 0.6) is 0 Å². The molecule has 0 saturated carbocycles. The second kappa shape index (κ2) is 9.05. The minimum absolute atomic E-state index is 0. The number of benzene rings is 1. The highest BCUT2D eigenvalue weighted by atomic mass is 35.5. The van der Waals surface area contributed by atoms with E-state index in [0.29, 0.717) is 11.9 Å². The van der Waals surface area contributed by atoms with Crippen LogP contribution in [0.4, 0.5) is 11.9 Å². The predicted molar refractivity (Wildman–Crippen MR) is 103 cm³/mol. The lowest BCUT2D eigenvalue weighted by Crippen LogP contribution is -2.45. The van der Waals surface area contributed by atoms with E-state index in [1.54, 1.807) is 11.8 Å². The van der Waals surface area contributed by atoms with E-state index in [-0.39, 0.29) is 12.4 Å². The second-order valence-electron chi connectivity index (χ2n) is 5.68. The number of nitrogen functional groups attached to an aromatic ring is 1. The van der Waals surface area contributed by atoms with Gasteiger partial charge in [-0.3, -0.25) is 0 Å². The van der Waals surface area contributed by atoms with Crippen molar-refractivity contribution in [1.29, 1.82) is 0 Å². The number of nitrogens with two attached hydrogens (primary N) is 1. The van der Waals surface area contributed by atoms with E-state index in [9.17, 15) is 0 Å². The maximum atomic E-state index is 5.87. The minimum Gasteiger partial charge on any atom is -0.368 e. The number of nitrogens with zero attached hydrogens (tertiary/aromatic N) is 5. The highest BCUT2D eigenvalue weighted by Crippen LogP contribution is 2.18. The fourth-order valence-corrected chi connectivity index (χ4v) is 3.31. The average Bonchev–Trinajstić information content (AvgIpc) is 2.56. The molecule has 24 heavy (non-hydrogen) atoms. The molecule has 6 nitrogen and oxygen atoms in total. The van der Waals surface area contributed by atoms with E-state index in [2.05, 4.69) is 56.1 Å². The zero-order valence-corrected chi connectivity index (χ0v) is 15.4. The van der Waals surface area contributed by atoms with E-state index in [1.807, 2.05) is 6.07 Å². The highest BCUT2D eigenvalue weighted by molar-refractivity contribution is 7.97. The van der Waals surface area contributed by atoms with Gasteiger partial charge < -0.3 is 15.5 Å². The monoisotopic (exact) mass is 366 g/mol. The van der Waals surface area contributed by atoms with Crippen LogP contribution in [0.15, 0.2) is 30.3 Å². The summed E-state index contributed by atoms with van der Waals surface area (Å²) in [5.74, 6) is 3.45. The molecule has 1 fully saturated rings. The molecule has 8 heteroatoms. The molecule has 0 bridgehead atoms. The number of thioether (sulfide) groups is 1. The van der Waals surface area contributed by atoms with Crippen LogP contribution in [0.3, 0.4) is 0 Å². The molecule has 0 spiro atoms. The lowest BCUT2D eigenvalue weighted by Gasteiger charge is -2.32. The topological polar surface area (TPSA) is 71.2 Å². The molecule has 130 valence electrons. The van der Waals surface area contributed by atoms with Gasteiger partial charge >= 0.3 is 0 Å². The second-order valence-corrected chi connectivity index (χ2v) is 6.66. The summed E-state index contributed by atoms with van der Waals surface area (Å²) in [5.41, 5.74) is 7.17. The Kier molecular flexibility index (Phi) is 7.08. The van der Waals surface area contributed by atoms with E-state index < -0.39 is 0 Å². The van der Waals surface area contributed by atoms with Crippen LogP contribution in [-0.4, -0.2) is 53.1 Å². The molecule has 2 aromatic rings. The smallest absolute Gasteiger partial charge is 0.230 e. The molecule has 0 unspecified atom stereocenters. The summed E-state index contributed by atoms with van der Waals surface area (Å²) >= 11 is 1.79. The Labute approximate surface area is 153 Å². The van der Waals surface area contributed by atoms with Gasteiger partial charge in [0.25, 0.3) is 0 Å². The van der Waals surface area contributed by atoms with Crippen molar-refractivity contribution in [1.82, 2.24) is 19.9 Å². The number of hydrogen-bond donors (Lipinski definition) is 1. The van der Waals surface area contributed by atoms with Crippen LogP contribution in [0, 0.1) is 0 Å². The standard InChI is InChI=1S/C16H22N6S.ClH/c1-21-7-9-22(10-8-21)16-19-14(18-15(17)20-16)12-23-11-13-5-3-2-4-6-13;/h2-6H,7-12H2,1H3,(H2,17,18,19,20);1H. The van der Waals surface area contributed by atoms with Gasteiger partial charge in [0.05, 0.1) is 5.75 Å². The van der Waals surface area contributed by atoms with E-state index >= 15 is 0 Å². The van der Waals surface area contributed by atoms with Crippen molar-refractivity contribution in [2.45, 2.75) is 11.5 Å². The third kappa shape index (κ3) is 5.22. The van der Waals surface area contributed by atoms with Crippen LogP contribution in [-0.2, 0) is 11.5 Å². The molecule has 0 aliphatic carbocycles. The molecule has 1 aliphatic heterocycles. The van der Waals surface area contributed by atoms with Crippen LogP contribution in [0.25, 0.3) is 0 Å². The van der Waals surface area contributed by atoms with E-state index in [4.69, 9.17) is 5.73 Å². The van der Waals surface area contributed by atoms with E-state index in [0.717, 1.165) is 43.5 Å². The van der Waals surface area contributed by atoms with E-state index in [1.165, 1.54) is 5.56 Å². The van der Waals surface area contributed by atoms with Crippen molar-refractivity contribution >= 4 is 36.1 Å². The fraction of sp³-hybridized carbons (Fsp3) is 0.438. The third-order valence-corrected chi connectivity index (χ3v) is 4.82. The summed E-state index contributed by atoms with van der Waals surface area (Å²) in [4.78, 5) is 17.7. The van der Waals surface area contributed by atoms with Crippen LogP contribution < -0.4 is 10.6 Å². The maximum Gasteiger partial charge on any atom is 0.230 e. The van der Waals surface area contributed by atoms with Gasteiger partial charge in [0.2, 0.25) is 11.9 Å². The van der Waals surface area contributed by atoms with Crippen molar-refractivity contribution in [3.63, 3.8) is 0 Å². The zero-order valence-electron chi connectivity index (χ0n) is 13.8. The first-order chi connectivity index (χ1) is 11.2. The Morgan fingerprint density at radius 3 is 2.42 bits per heavy atom. The molecule has 1 aromatic heterocycles. The van der Waals surface area contributed by atoms with Gasteiger partial charge in [-0.2, -0.15) is 15.0 Å². The normalized spacial score (nSPS) is 15.1. The third-order valence-electron chi connectivity index (χ3n) is 3.82.